The summed E-state index contributed by atoms with van der Waals surface area (Å²) >= 11 is 0. The van der Waals surface area contributed by atoms with Crippen molar-refractivity contribution >= 4 is 6.47 Å². The van der Waals surface area contributed by atoms with Gasteiger partial charge in [0.05, 0.1) is 6.61 Å². The molecule has 0 aliphatic heterocycles. The molecule has 2 nitrogen and oxygen atoms in total. The van der Waals surface area contributed by atoms with Crippen LogP contribution in [0.4, 0.5) is 0 Å². The molecule has 0 fully saturated rings. The molecule has 0 aromatic carbocycles. The van der Waals surface area contributed by atoms with Crippen molar-refractivity contribution in [3.05, 3.63) is 0 Å². The summed E-state index contributed by atoms with van der Waals surface area (Å²) in [5.41, 5.74) is 0. The highest BCUT2D eigenvalue weighted by molar-refractivity contribution is 5.36. The molecule has 0 aliphatic rings. The van der Waals surface area contributed by atoms with Crippen LogP contribution in [0.15, 0.2) is 0 Å². The zero-order valence-corrected chi connectivity index (χ0v) is 8.38. The minimum Gasteiger partial charge on any atom is -0.468 e. The van der Waals surface area contributed by atoms with Crippen molar-refractivity contribution in [2.75, 3.05) is 6.61 Å². The Labute approximate surface area is 75.3 Å². The molecule has 0 saturated carbocycles. The van der Waals surface area contributed by atoms with Crippen molar-refractivity contribution < 1.29 is 9.53 Å². The molecule has 0 rings (SSSR count). The Morgan fingerprint density at radius 2 is 2.00 bits per heavy atom. The molecular formula is C10H20O2. The number of ether oxygens (including phenoxy) is 1. The van der Waals surface area contributed by atoms with Crippen LogP contribution in [0.2, 0.25) is 0 Å². The van der Waals surface area contributed by atoms with Gasteiger partial charge in [0.15, 0.2) is 0 Å². The molecule has 0 radical (unpaired) electrons. The Balaban J connectivity index is 3.55. The van der Waals surface area contributed by atoms with Crippen LogP contribution in [0.3, 0.4) is 0 Å². The summed E-state index contributed by atoms with van der Waals surface area (Å²) in [5.74, 6) is 1.40. The van der Waals surface area contributed by atoms with Gasteiger partial charge in [0, 0.05) is 0 Å². The van der Waals surface area contributed by atoms with Crippen molar-refractivity contribution in [3.8, 4) is 0 Å². The molecule has 0 bridgehead atoms. The third kappa shape index (κ3) is 5.16. The zero-order valence-electron chi connectivity index (χ0n) is 8.38. The Hall–Kier alpha value is -0.530. The summed E-state index contributed by atoms with van der Waals surface area (Å²) in [6.45, 7) is 7.74. The maximum absolute atomic E-state index is 9.89. The fraction of sp³-hybridized carbons (Fsp3) is 0.900. The summed E-state index contributed by atoms with van der Waals surface area (Å²) in [5, 5.41) is 0. The molecule has 12 heavy (non-hydrogen) atoms. The second-order valence-corrected chi connectivity index (χ2v) is 3.55. The van der Waals surface area contributed by atoms with E-state index in [0.29, 0.717) is 24.9 Å². The van der Waals surface area contributed by atoms with Crippen LogP contribution in [0.5, 0.6) is 0 Å². The second kappa shape index (κ2) is 7.14. The first-order valence-electron chi connectivity index (χ1n) is 4.77. The van der Waals surface area contributed by atoms with Gasteiger partial charge in [0.25, 0.3) is 6.47 Å². The van der Waals surface area contributed by atoms with Crippen LogP contribution >= 0.6 is 0 Å². The summed E-state index contributed by atoms with van der Waals surface area (Å²) in [4.78, 5) is 9.89. The third-order valence-electron chi connectivity index (χ3n) is 2.28. The van der Waals surface area contributed by atoms with E-state index < -0.39 is 0 Å². The van der Waals surface area contributed by atoms with E-state index in [1.165, 1.54) is 12.8 Å². The highest BCUT2D eigenvalue weighted by Crippen LogP contribution is 2.20. The summed E-state index contributed by atoms with van der Waals surface area (Å²) in [6, 6.07) is 0. The molecular weight excluding hydrogens is 152 g/mol. The molecule has 1 unspecified atom stereocenters. The topological polar surface area (TPSA) is 26.3 Å². The lowest BCUT2D eigenvalue weighted by atomic mass is 9.89. The largest absolute Gasteiger partial charge is 0.468 e. The van der Waals surface area contributed by atoms with Gasteiger partial charge in [-0.15, -0.1) is 0 Å². The van der Waals surface area contributed by atoms with E-state index in [2.05, 4.69) is 25.5 Å². The van der Waals surface area contributed by atoms with E-state index in [9.17, 15) is 4.79 Å². The SMILES string of the molecule is CCCC(CCOC=O)C(C)C. The first kappa shape index (κ1) is 11.5. The van der Waals surface area contributed by atoms with Gasteiger partial charge in [-0.1, -0.05) is 33.6 Å². The van der Waals surface area contributed by atoms with Gasteiger partial charge >= 0.3 is 0 Å². The van der Waals surface area contributed by atoms with Gasteiger partial charge in [-0.2, -0.15) is 0 Å². The fourth-order valence-corrected chi connectivity index (χ4v) is 1.45. The lowest BCUT2D eigenvalue weighted by Gasteiger charge is -2.19. The standard InChI is InChI=1S/C10H20O2/c1-4-5-10(9(2)3)6-7-12-8-11/h8-10H,4-7H2,1-3H3. The van der Waals surface area contributed by atoms with Gasteiger partial charge < -0.3 is 4.74 Å². The van der Waals surface area contributed by atoms with Gasteiger partial charge in [-0.05, 0) is 18.3 Å². The van der Waals surface area contributed by atoms with Crippen LogP contribution in [-0.4, -0.2) is 13.1 Å². The molecule has 0 aliphatic carbocycles. The fourth-order valence-electron chi connectivity index (χ4n) is 1.45. The molecule has 0 saturated heterocycles. The second-order valence-electron chi connectivity index (χ2n) is 3.55. The molecule has 2 heteroatoms. The van der Waals surface area contributed by atoms with Crippen molar-refractivity contribution in [2.24, 2.45) is 11.8 Å². The van der Waals surface area contributed by atoms with Gasteiger partial charge in [-0.25, -0.2) is 0 Å². The van der Waals surface area contributed by atoms with Crippen molar-refractivity contribution in [3.63, 3.8) is 0 Å². The number of hydrogen-bond donors (Lipinski definition) is 0. The highest BCUT2D eigenvalue weighted by Gasteiger charge is 2.11. The Bertz CT molecular complexity index is 110. The van der Waals surface area contributed by atoms with Crippen molar-refractivity contribution in [2.45, 2.75) is 40.0 Å². The van der Waals surface area contributed by atoms with Gasteiger partial charge in [-0.3, -0.25) is 4.79 Å². The molecule has 1 atom stereocenters. The smallest absolute Gasteiger partial charge is 0.293 e. The lowest BCUT2D eigenvalue weighted by Crippen LogP contribution is -2.11. The van der Waals surface area contributed by atoms with Crippen LogP contribution in [0.25, 0.3) is 0 Å². The number of hydrogen-bond acceptors (Lipinski definition) is 2. The minimum atomic E-state index is 0.531. The summed E-state index contributed by atoms with van der Waals surface area (Å²) < 4.78 is 4.68. The minimum absolute atomic E-state index is 0.531. The number of carbonyl (C=O) groups is 1. The van der Waals surface area contributed by atoms with Crippen LogP contribution in [-0.2, 0) is 9.53 Å². The molecule has 0 heterocycles. The van der Waals surface area contributed by atoms with E-state index in [0.717, 1.165) is 6.42 Å². The average molecular weight is 172 g/mol. The summed E-state index contributed by atoms with van der Waals surface area (Å²) in [6.07, 6.45) is 3.45. The molecule has 0 aromatic rings. The zero-order chi connectivity index (χ0) is 9.40. The first-order valence-corrected chi connectivity index (χ1v) is 4.77. The lowest BCUT2D eigenvalue weighted by molar-refractivity contribution is -0.129. The predicted octanol–water partition coefficient (Wildman–Crippen LogP) is 2.62. The Kier molecular flexibility index (Phi) is 6.82. The van der Waals surface area contributed by atoms with E-state index in [4.69, 9.17) is 0 Å². The van der Waals surface area contributed by atoms with Crippen molar-refractivity contribution in [1.29, 1.82) is 0 Å². The first-order chi connectivity index (χ1) is 5.72. The van der Waals surface area contributed by atoms with Gasteiger partial charge in [0.1, 0.15) is 0 Å². The Morgan fingerprint density at radius 1 is 1.33 bits per heavy atom. The van der Waals surface area contributed by atoms with E-state index >= 15 is 0 Å². The van der Waals surface area contributed by atoms with Crippen LogP contribution < -0.4 is 0 Å². The normalized spacial score (nSPS) is 13.0. The van der Waals surface area contributed by atoms with Crippen LogP contribution in [0, 0.1) is 11.8 Å². The van der Waals surface area contributed by atoms with Crippen LogP contribution in [0.1, 0.15) is 40.0 Å². The highest BCUT2D eigenvalue weighted by atomic mass is 16.5. The maximum atomic E-state index is 9.89. The molecule has 72 valence electrons. The number of rotatable bonds is 7. The average Bonchev–Trinajstić information content (AvgIpc) is 2.03. The summed E-state index contributed by atoms with van der Waals surface area (Å²) in [7, 11) is 0. The Morgan fingerprint density at radius 3 is 2.42 bits per heavy atom. The van der Waals surface area contributed by atoms with E-state index in [1.54, 1.807) is 0 Å². The maximum Gasteiger partial charge on any atom is 0.293 e. The predicted molar refractivity (Wildman–Crippen MR) is 49.9 cm³/mol. The van der Waals surface area contributed by atoms with Gasteiger partial charge in [0.2, 0.25) is 0 Å². The monoisotopic (exact) mass is 172 g/mol. The van der Waals surface area contributed by atoms with Crippen molar-refractivity contribution in [1.82, 2.24) is 0 Å². The molecule has 0 amide bonds. The third-order valence-corrected chi connectivity index (χ3v) is 2.28. The molecule has 0 aromatic heterocycles. The van der Waals surface area contributed by atoms with E-state index in [1.807, 2.05) is 0 Å². The van der Waals surface area contributed by atoms with E-state index in [-0.39, 0.29) is 0 Å². The quantitative estimate of drug-likeness (QED) is 0.436. The molecule has 0 N–H and O–H groups in total. The number of carbonyl (C=O) groups excluding carboxylic acids is 1. The molecule has 0 spiro atoms.